The lowest BCUT2D eigenvalue weighted by Gasteiger charge is -2.14. The number of nitro groups is 1. The molecule has 0 spiro atoms. The lowest BCUT2D eigenvalue weighted by atomic mass is 10.1. The molecule has 1 N–H and O–H groups in total. The SMILES string of the molecule is CC(C)C(C=O)NSc1ccccc1[N+](=O)[O-]. The normalized spacial score (nSPS) is 12.4. The van der Waals surface area contributed by atoms with Crippen molar-refractivity contribution in [3.05, 3.63) is 34.4 Å². The van der Waals surface area contributed by atoms with E-state index in [2.05, 4.69) is 4.72 Å². The van der Waals surface area contributed by atoms with E-state index in [0.717, 1.165) is 18.2 Å². The van der Waals surface area contributed by atoms with Gasteiger partial charge in [0.25, 0.3) is 5.69 Å². The number of hydrogen-bond acceptors (Lipinski definition) is 5. The van der Waals surface area contributed by atoms with Crippen molar-refractivity contribution < 1.29 is 9.72 Å². The van der Waals surface area contributed by atoms with Crippen LogP contribution in [0.15, 0.2) is 29.2 Å². The minimum Gasteiger partial charge on any atom is -0.302 e. The van der Waals surface area contributed by atoms with E-state index in [1.807, 2.05) is 13.8 Å². The van der Waals surface area contributed by atoms with E-state index in [4.69, 9.17) is 0 Å². The summed E-state index contributed by atoms with van der Waals surface area (Å²) in [6.07, 6.45) is 0.812. The van der Waals surface area contributed by atoms with Crippen molar-refractivity contribution in [2.24, 2.45) is 5.92 Å². The number of aldehydes is 1. The first kappa shape index (κ1) is 13.7. The van der Waals surface area contributed by atoms with Gasteiger partial charge >= 0.3 is 0 Å². The number of rotatable bonds is 6. The van der Waals surface area contributed by atoms with Gasteiger partial charge in [0.15, 0.2) is 0 Å². The number of benzene rings is 1. The predicted molar refractivity (Wildman–Crippen MR) is 66.8 cm³/mol. The van der Waals surface area contributed by atoms with Gasteiger partial charge in [-0.05, 0) is 23.9 Å². The van der Waals surface area contributed by atoms with E-state index < -0.39 is 4.92 Å². The molecule has 0 bridgehead atoms. The Kier molecular flexibility index (Phi) is 5.11. The summed E-state index contributed by atoms with van der Waals surface area (Å²) in [6, 6.07) is 6.11. The molecule has 1 aromatic carbocycles. The quantitative estimate of drug-likeness (QED) is 0.365. The van der Waals surface area contributed by atoms with E-state index in [-0.39, 0.29) is 17.6 Å². The predicted octanol–water partition coefficient (Wildman–Crippen LogP) is 2.42. The van der Waals surface area contributed by atoms with Gasteiger partial charge in [-0.1, -0.05) is 26.0 Å². The number of nitrogens with one attached hydrogen (secondary N) is 1. The van der Waals surface area contributed by atoms with E-state index in [1.165, 1.54) is 6.07 Å². The molecular formula is C11H14N2O3S. The molecule has 0 radical (unpaired) electrons. The van der Waals surface area contributed by atoms with Crippen molar-refractivity contribution in [3.8, 4) is 0 Å². The minimum atomic E-state index is -0.435. The fourth-order valence-electron chi connectivity index (χ4n) is 1.15. The Morgan fingerprint density at radius 1 is 1.41 bits per heavy atom. The van der Waals surface area contributed by atoms with Crippen molar-refractivity contribution in [1.29, 1.82) is 0 Å². The molecule has 0 aliphatic carbocycles. The number of carbonyl (C=O) groups is 1. The summed E-state index contributed by atoms with van der Waals surface area (Å²) in [6.45, 7) is 3.82. The lowest BCUT2D eigenvalue weighted by molar-refractivity contribution is -0.387. The highest BCUT2D eigenvalue weighted by Crippen LogP contribution is 2.27. The molecule has 5 nitrogen and oxygen atoms in total. The monoisotopic (exact) mass is 254 g/mol. The average molecular weight is 254 g/mol. The second-order valence-electron chi connectivity index (χ2n) is 3.85. The Hall–Kier alpha value is -1.40. The smallest absolute Gasteiger partial charge is 0.284 e. The molecule has 0 fully saturated rings. The van der Waals surface area contributed by atoms with Gasteiger partial charge in [-0.15, -0.1) is 0 Å². The molecule has 1 atom stereocenters. The van der Waals surface area contributed by atoms with Gasteiger partial charge in [-0.3, -0.25) is 10.1 Å². The van der Waals surface area contributed by atoms with E-state index in [0.29, 0.717) is 4.90 Å². The first-order valence-electron chi connectivity index (χ1n) is 5.17. The van der Waals surface area contributed by atoms with Crippen LogP contribution in [0.4, 0.5) is 5.69 Å². The van der Waals surface area contributed by atoms with Crippen LogP contribution >= 0.6 is 11.9 Å². The summed E-state index contributed by atoms with van der Waals surface area (Å²) >= 11 is 1.11. The zero-order valence-corrected chi connectivity index (χ0v) is 10.4. The zero-order chi connectivity index (χ0) is 12.8. The third-order valence-electron chi connectivity index (χ3n) is 2.23. The first-order chi connectivity index (χ1) is 8.06. The highest BCUT2D eigenvalue weighted by atomic mass is 32.2. The van der Waals surface area contributed by atoms with Gasteiger partial charge in [0.05, 0.1) is 11.0 Å². The van der Waals surface area contributed by atoms with Gasteiger partial charge in [-0.25, -0.2) is 4.72 Å². The standard InChI is InChI=1S/C11H14N2O3S/c1-8(2)9(7-14)12-17-11-6-4-3-5-10(11)13(15)16/h3-9,12H,1-2H3. The molecule has 92 valence electrons. The van der Waals surface area contributed by atoms with Crippen LogP contribution in [0, 0.1) is 16.0 Å². The minimum absolute atomic E-state index is 0.0402. The summed E-state index contributed by atoms with van der Waals surface area (Å²) in [5.74, 6) is 0.141. The highest BCUT2D eigenvalue weighted by Gasteiger charge is 2.16. The number of hydrogen-bond donors (Lipinski definition) is 1. The number of carbonyl (C=O) groups excluding carboxylic acids is 1. The summed E-state index contributed by atoms with van der Waals surface area (Å²) in [5, 5.41) is 10.8. The molecule has 0 saturated carbocycles. The van der Waals surface area contributed by atoms with Crippen LogP contribution in [0.1, 0.15) is 13.8 Å². The Morgan fingerprint density at radius 2 is 2.06 bits per heavy atom. The van der Waals surface area contributed by atoms with Crippen LogP contribution in [0.2, 0.25) is 0 Å². The van der Waals surface area contributed by atoms with E-state index in [1.54, 1.807) is 18.2 Å². The Balaban J connectivity index is 2.75. The largest absolute Gasteiger partial charge is 0.302 e. The molecule has 0 aliphatic rings. The molecule has 0 aromatic heterocycles. The van der Waals surface area contributed by atoms with Crippen LogP contribution in [-0.2, 0) is 4.79 Å². The summed E-state index contributed by atoms with van der Waals surface area (Å²) < 4.78 is 2.92. The summed E-state index contributed by atoms with van der Waals surface area (Å²) in [5.41, 5.74) is 0.0402. The third kappa shape index (κ3) is 3.83. The van der Waals surface area contributed by atoms with Crippen LogP contribution in [0.3, 0.4) is 0 Å². The second kappa shape index (κ2) is 6.36. The van der Waals surface area contributed by atoms with Crippen molar-refractivity contribution >= 4 is 23.9 Å². The molecule has 0 heterocycles. The van der Waals surface area contributed by atoms with E-state index in [9.17, 15) is 14.9 Å². The van der Waals surface area contributed by atoms with Crippen molar-refractivity contribution in [1.82, 2.24) is 4.72 Å². The molecule has 1 unspecified atom stereocenters. The van der Waals surface area contributed by atoms with Gasteiger partial charge < -0.3 is 4.79 Å². The van der Waals surface area contributed by atoms with Gasteiger partial charge in [-0.2, -0.15) is 0 Å². The molecule has 1 aromatic rings. The Bertz CT molecular complexity index is 409. The van der Waals surface area contributed by atoms with Gasteiger partial charge in [0.2, 0.25) is 0 Å². The second-order valence-corrected chi connectivity index (χ2v) is 4.73. The number of nitrogens with zero attached hydrogens (tertiary/aromatic N) is 1. The average Bonchev–Trinajstić information content (AvgIpc) is 2.29. The number of nitro benzene ring substituents is 1. The maximum atomic E-state index is 10.8. The fourth-order valence-corrected chi connectivity index (χ4v) is 2.13. The van der Waals surface area contributed by atoms with Gasteiger partial charge in [0.1, 0.15) is 11.2 Å². The molecule has 0 saturated heterocycles. The van der Waals surface area contributed by atoms with Gasteiger partial charge in [0, 0.05) is 6.07 Å². The van der Waals surface area contributed by atoms with Crippen LogP contribution in [0.25, 0.3) is 0 Å². The molecular weight excluding hydrogens is 240 g/mol. The number of para-hydroxylation sites is 1. The lowest BCUT2D eigenvalue weighted by Crippen LogP contribution is -2.30. The molecule has 0 aliphatic heterocycles. The third-order valence-corrected chi connectivity index (χ3v) is 3.19. The van der Waals surface area contributed by atoms with Crippen molar-refractivity contribution in [2.75, 3.05) is 0 Å². The molecule has 17 heavy (non-hydrogen) atoms. The van der Waals surface area contributed by atoms with Crippen LogP contribution in [-0.4, -0.2) is 17.3 Å². The topological polar surface area (TPSA) is 72.2 Å². The zero-order valence-electron chi connectivity index (χ0n) is 9.62. The Morgan fingerprint density at radius 3 is 2.59 bits per heavy atom. The Labute approximate surface area is 104 Å². The van der Waals surface area contributed by atoms with Crippen LogP contribution < -0.4 is 4.72 Å². The fraction of sp³-hybridized carbons (Fsp3) is 0.364. The summed E-state index contributed by atoms with van der Waals surface area (Å²) in [4.78, 5) is 21.6. The van der Waals surface area contributed by atoms with Crippen molar-refractivity contribution in [3.63, 3.8) is 0 Å². The maximum absolute atomic E-state index is 10.8. The first-order valence-corrected chi connectivity index (χ1v) is 5.99. The maximum Gasteiger partial charge on any atom is 0.284 e. The van der Waals surface area contributed by atoms with Crippen molar-refractivity contribution in [2.45, 2.75) is 24.8 Å². The highest BCUT2D eigenvalue weighted by molar-refractivity contribution is 7.97. The van der Waals surface area contributed by atoms with E-state index >= 15 is 0 Å². The molecule has 6 heteroatoms. The summed E-state index contributed by atoms with van der Waals surface area (Å²) in [7, 11) is 0. The molecule has 1 rings (SSSR count). The molecule has 0 amide bonds. The van der Waals surface area contributed by atoms with Crippen LogP contribution in [0.5, 0.6) is 0 Å².